The minimum atomic E-state index is -0.202. The number of nitrogens with zero attached hydrogens (tertiary/aromatic N) is 1. The SMILES string of the molecule is CC(C)c1ccc(C=O)c(=O)n1CC1CCCO1. The average Bonchev–Trinajstić information content (AvgIpc) is 2.84. The van der Waals surface area contributed by atoms with E-state index in [1.54, 1.807) is 10.6 Å². The molecule has 18 heavy (non-hydrogen) atoms. The van der Waals surface area contributed by atoms with E-state index in [9.17, 15) is 9.59 Å². The van der Waals surface area contributed by atoms with Gasteiger partial charge in [0, 0.05) is 12.3 Å². The molecular formula is C14H19NO3. The van der Waals surface area contributed by atoms with Crippen molar-refractivity contribution in [1.82, 2.24) is 4.57 Å². The Labute approximate surface area is 107 Å². The van der Waals surface area contributed by atoms with Crippen LogP contribution in [0.15, 0.2) is 16.9 Å². The zero-order valence-corrected chi connectivity index (χ0v) is 10.9. The topological polar surface area (TPSA) is 48.3 Å². The number of aldehydes is 1. The number of ether oxygens (including phenoxy) is 1. The zero-order valence-electron chi connectivity index (χ0n) is 10.9. The molecule has 1 aromatic rings. The molecule has 1 atom stereocenters. The summed E-state index contributed by atoms with van der Waals surface area (Å²) in [5, 5.41) is 0. The number of carbonyl (C=O) groups is 1. The van der Waals surface area contributed by atoms with Crippen LogP contribution in [0.1, 0.15) is 48.7 Å². The monoisotopic (exact) mass is 249 g/mol. The molecule has 2 heterocycles. The first-order chi connectivity index (χ1) is 8.63. The van der Waals surface area contributed by atoms with Crippen molar-refractivity contribution in [3.63, 3.8) is 0 Å². The van der Waals surface area contributed by atoms with Crippen molar-refractivity contribution in [3.8, 4) is 0 Å². The molecule has 0 amide bonds. The van der Waals surface area contributed by atoms with Crippen molar-refractivity contribution in [1.29, 1.82) is 0 Å². The van der Waals surface area contributed by atoms with E-state index in [0.717, 1.165) is 25.1 Å². The van der Waals surface area contributed by atoms with Gasteiger partial charge >= 0.3 is 0 Å². The summed E-state index contributed by atoms with van der Waals surface area (Å²) in [5.41, 5.74) is 0.977. The number of rotatable bonds is 4. The van der Waals surface area contributed by atoms with Crippen LogP contribution in [0.4, 0.5) is 0 Å². The molecule has 0 N–H and O–H groups in total. The van der Waals surface area contributed by atoms with Gasteiger partial charge in [0.05, 0.1) is 18.2 Å². The molecule has 1 fully saturated rings. The lowest BCUT2D eigenvalue weighted by Gasteiger charge is -2.19. The van der Waals surface area contributed by atoms with E-state index in [1.807, 2.05) is 19.9 Å². The molecule has 4 nitrogen and oxygen atoms in total. The summed E-state index contributed by atoms with van der Waals surface area (Å²) in [5.74, 6) is 0.250. The van der Waals surface area contributed by atoms with Crippen molar-refractivity contribution < 1.29 is 9.53 Å². The van der Waals surface area contributed by atoms with Crippen LogP contribution in [0.2, 0.25) is 0 Å². The van der Waals surface area contributed by atoms with Crippen molar-refractivity contribution in [2.24, 2.45) is 0 Å². The van der Waals surface area contributed by atoms with Crippen LogP contribution < -0.4 is 5.56 Å². The highest BCUT2D eigenvalue weighted by atomic mass is 16.5. The maximum absolute atomic E-state index is 12.2. The Hall–Kier alpha value is -1.42. The van der Waals surface area contributed by atoms with Crippen molar-refractivity contribution in [2.45, 2.75) is 45.3 Å². The van der Waals surface area contributed by atoms with Crippen LogP contribution in [0.3, 0.4) is 0 Å². The maximum atomic E-state index is 12.2. The van der Waals surface area contributed by atoms with Crippen LogP contribution in [-0.2, 0) is 11.3 Å². The van der Waals surface area contributed by atoms with E-state index in [1.165, 1.54) is 0 Å². The summed E-state index contributed by atoms with van der Waals surface area (Å²) in [6.07, 6.45) is 2.75. The molecule has 0 saturated carbocycles. The van der Waals surface area contributed by atoms with Crippen LogP contribution in [0.25, 0.3) is 0 Å². The van der Waals surface area contributed by atoms with Gasteiger partial charge in [-0.1, -0.05) is 13.8 Å². The summed E-state index contributed by atoms with van der Waals surface area (Å²) in [6, 6.07) is 3.47. The summed E-state index contributed by atoms with van der Waals surface area (Å²) in [4.78, 5) is 23.0. The van der Waals surface area contributed by atoms with Gasteiger partial charge in [0.1, 0.15) is 0 Å². The first kappa shape index (κ1) is 13.0. The molecule has 1 unspecified atom stereocenters. The van der Waals surface area contributed by atoms with E-state index in [0.29, 0.717) is 12.8 Å². The van der Waals surface area contributed by atoms with Crippen LogP contribution in [0, 0.1) is 0 Å². The van der Waals surface area contributed by atoms with Crippen LogP contribution >= 0.6 is 0 Å². The molecule has 98 valence electrons. The molecule has 1 aliphatic heterocycles. The first-order valence-electron chi connectivity index (χ1n) is 6.44. The van der Waals surface area contributed by atoms with Gasteiger partial charge in [-0.25, -0.2) is 0 Å². The lowest BCUT2D eigenvalue weighted by Crippen LogP contribution is -2.31. The van der Waals surface area contributed by atoms with Gasteiger partial charge in [0.25, 0.3) is 5.56 Å². The molecule has 0 spiro atoms. The third-order valence-electron chi connectivity index (χ3n) is 3.37. The Bertz CT molecular complexity index is 484. The molecule has 2 rings (SSSR count). The Morgan fingerprint density at radius 2 is 2.28 bits per heavy atom. The predicted octanol–water partition coefficient (Wildman–Crippen LogP) is 1.96. The van der Waals surface area contributed by atoms with E-state index >= 15 is 0 Å². The second-order valence-corrected chi connectivity index (χ2v) is 5.04. The maximum Gasteiger partial charge on any atom is 0.261 e. The number of hydrogen-bond donors (Lipinski definition) is 0. The molecule has 4 heteroatoms. The van der Waals surface area contributed by atoms with Crippen molar-refractivity contribution in [3.05, 3.63) is 33.7 Å². The number of pyridine rings is 1. The average molecular weight is 249 g/mol. The van der Waals surface area contributed by atoms with Gasteiger partial charge in [-0.3, -0.25) is 9.59 Å². The quantitative estimate of drug-likeness (QED) is 0.766. The second-order valence-electron chi connectivity index (χ2n) is 5.04. The largest absolute Gasteiger partial charge is 0.376 e. The normalized spacial score (nSPS) is 19.4. The standard InChI is InChI=1S/C14H19NO3/c1-10(2)13-6-5-11(9-16)14(17)15(13)8-12-4-3-7-18-12/h5-6,9-10,12H,3-4,7-8H2,1-2H3. The lowest BCUT2D eigenvalue weighted by molar-refractivity contribution is 0.0949. The predicted molar refractivity (Wildman–Crippen MR) is 69.2 cm³/mol. The summed E-state index contributed by atoms with van der Waals surface area (Å²) in [7, 11) is 0. The lowest BCUT2D eigenvalue weighted by atomic mass is 10.1. The zero-order chi connectivity index (χ0) is 13.1. The first-order valence-corrected chi connectivity index (χ1v) is 6.44. The fraction of sp³-hybridized carbons (Fsp3) is 0.571. The molecule has 1 saturated heterocycles. The Morgan fingerprint density at radius 3 is 2.83 bits per heavy atom. The minimum Gasteiger partial charge on any atom is -0.376 e. The van der Waals surface area contributed by atoms with Crippen LogP contribution in [-0.4, -0.2) is 23.6 Å². The van der Waals surface area contributed by atoms with E-state index < -0.39 is 0 Å². The third-order valence-corrected chi connectivity index (χ3v) is 3.37. The molecule has 1 aliphatic rings. The van der Waals surface area contributed by atoms with Gasteiger partial charge in [-0.15, -0.1) is 0 Å². The highest BCUT2D eigenvalue weighted by Gasteiger charge is 2.19. The van der Waals surface area contributed by atoms with Gasteiger partial charge < -0.3 is 9.30 Å². The molecule has 0 bridgehead atoms. The Balaban J connectivity index is 2.39. The van der Waals surface area contributed by atoms with E-state index in [-0.39, 0.29) is 23.1 Å². The summed E-state index contributed by atoms with van der Waals surface area (Å²) >= 11 is 0. The molecule has 0 aliphatic carbocycles. The summed E-state index contributed by atoms with van der Waals surface area (Å²) in [6.45, 7) is 5.40. The fourth-order valence-electron chi connectivity index (χ4n) is 2.38. The second kappa shape index (κ2) is 5.48. The Morgan fingerprint density at radius 1 is 1.50 bits per heavy atom. The van der Waals surface area contributed by atoms with E-state index in [2.05, 4.69) is 0 Å². The van der Waals surface area contributed by atoms with Gasteiger partial charge in [-0.05, 0) is 30.9 Å². The molecule has 1 aromatic heterocycles. The van der Waals surface area contributed by atoms with Crippen molar-refractivity contribution >= 4 is 6.29 Å². The summed E-state index contributed by atoms with van der Waals surface area (Å²) < 4.78 is 7.27. The molecular weight excluding hydrogens is 230 g/mol. The van der Waals surface area contributed by atoms with Gasteiger partial charge in [0.2, 0.25) is 0 Å². The minimum absolute atomic E-state index is 0.0992. The van der Waals surface area contributed by atoms with Crippen molar-refractivity contribution in [2.75, 3.05) is 6.61 Å². The smallest absolute Gasteiger partial charge is 0.261 e. The number of hydrogen-bond acceptors (Lipinski definition) is 3. The molecule has 0 radical (unpaired) electrons. The number of aromatic nitrogens is 1. The Kier molecular flexibility index (Phi) is 3.97. The third kappa shape index (κ3) is 2.53. The van der Waals surface area contributed by atoms with Gasteiger partial charge in [0.15, 0.2) is 6.29 Å². The highest BCUT2D eigenvalue weighted by Crippen LogP contribution is 2.17. The van der Waals surface area contributed by atoms with Gasteiger partial charge in [-0.2, -0.15) is 0 Å². The highest BCUT2D eigenvalue weighted by molar-refractivity contribution is 5.73. The molecule has 0 aromatic carbocycles. The van der Waals surface area contributed by atoms with Crippen LogP contribution in [0.5, 0.6) is 0 Å². The number of carbonyl (C=O) groups excluding carboxylic acids is 1. The fourth-order valence-corrected chi connectivity index (χ4v) is 2.38. The van der Waals surface area contributed by atoms with E-state index in [4.69, 9.17) is 4.74 Å².